The third kappa shape index (κ3) is 3.66. The highest BCUT2D eigenvalue weighted by Gasteiger charge is 2.62. The molecule has 0 spiro atoms. The Balaban J connectivity index is 1.41. The Hall–Kier alpha value is -2.22. The number of rotatable bonds is 6. The second-order valence-corrected chi connectivity index (χ2v) is 9.70. The van der Waals surface area contributed by atoms with E-state index in [9.17, 15) is 19.2 Å². The molecule has 1 aromatic carbocycles. The van der Waals surface area contributed by atoms with Crippen molar-refractivity contribution in [3.05, 3.63) is 28.7 Å². The largest absolute Gasteiger partial charge is 0.454 e. The smallest absolute Gasteiger partial charge is 0.330 e. The van der Waals surface area contributed by atoms with E-state index >= 15 is 0 Å². The summed E-state index contributed by atoms with van der Waals surface area (Å²) >= 11 is 3.32. The van der Waals surface area contributed by atoms with E-state index in [1.165, 1.54) is 0 Å². The first-order chi connectivity index (χ1) is 14.3. The molecule has 3 fully saturated rings. The van der Waals surface area contributed by atoms with Gasteiger partial charge in [0, 0.05) is 10.2 Å². The van der Waals surface area contributed by atoms with E-state index in [1.807, 2.05) is 0 Å². The minimum atomic E-state index is -1.00. The van der Waals surface area contributed by atoms with Crippen LogP contribution < -0.4 is 5.32 Å². The topological polar surface area (TPSA) is 92.8 Å². The van der Waals surface area contributed by atoms with Gasteiger partial charge in [0.25, 0.3) is 5.91 Å². The predicted octanol–water partition coefficient (Wildman–Crippen LogP) is 2.99. The highest BCUT2D eigenvalue weighted by atomic mass is 79.9. The number of esters is 1. The zero-order chi connectivity index (χ0) is 21.6. The average molecular weight is 477 g/mol. The Morgan fingerprint density at radius 3 is 2.20 bits per heavy atom. The number of nitrogens with one attached hydrogen (secondary N) is 1. The molecule has 1 aromatic rings. The Kier molecular flexibility index (Phi) is 5.70. The molecule has 0 unspecified atom stereocenters. The van der Waals surface area contributed by atoms with Crippen molar-refractivity contribution in [2.75, 3.05) is 11.9 Å². The standard InChI is InChI=1S/C22H25BrN2O5/c1-11(2)19(22(29)30-10-16(26)24-15-7-5-14(23)6-8-15)25-20(27)17-12-3-4-13(9-12)18(17)21(25)28/h5-8,11-13,17-19H,3-4,9-10H2,1-2H3,(H,24,26)/t12-,13-,17+,18+,19+/m0/s1. The Labute approximate surface area is 183 Å². The molecule has 0 aromatic heterocycles. The highest BCUT2D eigenvalue weighted by Crippen LogP contribution is 2.56. The third-order valence-electron chi connectivity index (χ3n) is 6.59. The van der Waals surface area contributed by atoms with E-state index in [0.717, 1.165) is 28.6 Å². The van der Waals surface area contributed by atoms with E-state index in [-0.39, 0.29) is 41.4 Å². The van der Waals surface area contributed by atoms with Gasteiger partial charge >= 0.3 is 5.97 Å². The lowest BCUT2D eigenvalue weighted by Crippen LogP contribution is -2.50. The molecule has 2 bridgehead atoms. The average Bonchev–Trinajstić information content (AvgIpc) is 3.38. The minimum absolute atomic E-state index is 0.243. The van der Waals surface area contributed by atoms with Gasteiger partial charge in [0.05, 0.1) is 11.8 Å². The summed E-state index contributed by atoms with van der Waals surface area (Å²) in [6, 6.07) is 6.00. The van der Waals surface area contributed by atoms with Crippen molar-refractivity contribution < 1.29 is 23.9 Å². The van der Waals surface area contributed by atoms with Crippen LogP contribution in [0.5, 0.6) is 0 Å². The van der Waals surface area contributed by atoms with Crippen LogP contribution in [0.1, 0.15) is 33.1 Å². The molecule has 160 valence electrons. The summed E-state index contributed by atoms with van der Waals surface area (Å²) in [5.74, 6) is -2.07. The number of hydrogen-bond acceptors (Lipinski definition) is 5. The Bertz CT molecular complexity index is 856. The van der Waals surface area contributed by atoms with Gasteiger partial charge in [-0.3, -0.25) is 19.3 Å². The van der Waals surface area contributed by atoms with Crippen LogP contribution in [0.25, 0.3) is 0 Å². The van der Waals surface area contributed by atoms with Crippen LogP contribution in [0.3, 0.4) is 0 Å². The van der Waals surface area contributed by atoms with Crippen molar-refractivity contribution in [3.8, 4) is 0 Å². The molecule has 3 amide bonds. The molecule has 4 rings (SSSR count). The SMILES string of the molecule is CC(C)[C@H](C(=O)OCC(=O)Nc1ccc(Br)cc1)N1C(=O)[C@@H]2[C@H]3CC[C@@H](C3)[C@H]2C1=O. The molecule has 0 radical (unpaired) electrons. The minimum Gasteiger partial charge on any atom is -0.454 e. The summed E-state index contributed by atoms with van der Waals surface area (Å²) in [7, 11) is 0. The lowest BCUT2D eigenvalue weighted by atomic mass is 9.81. The van der Waals surface area contributed by atoms with Gasteiger partial charge in [-0.2, -0.15) is 0 Å². The van der Waals surface area contributed by atoms with Gasteiger partial charge in [0.2, 0.25) is 11.8 Å². The monoisotopic (exact) mass is 476 g/mol. The van der Waals surface area contributed by atoms with Crippen LogP contribution in [0.2, 0.25) is 0 Å². The first-order valence-electron chi connectivity index (χ1n) is 10.4. The molecule has 7 nitrogen and oxygen atoms in total. The number of halogens is 1. The highest BCUT2D eigenvalue weighted by molar-refractivity contribution is 9.10. The fourth-order valence-electron chi connectivity index (χ4n) is 5.33. The molecule has 1 saturated heterocycles. The van der Waals surface area contributed by atoms with E-state index in [0.29, 0.717) is 5.69 Å². The second-order valence-electron chi connectivity index (χ2n) is 8.78. The lowest BCUT2D eigenvalue weighted by Gasteiger charge is -2.28. The maximum absolute atomic E-state index is 13.1. The van der Waals surface area contributed by atoms with Crippen molar-refractivity contribution in [1.29, 1.82) is 0 Å². The van der Waals surface area contributed by atoms with Gasteiger partial charge in [0.1, 0.15) is 6.04 Å². The van der Waals surface area contributed by atoms with Crippen LogP contribution in [0.15, 0.2) is 28.7 Å². The summed E-state index contributed by atoms with van der Waals surface area (Å²) < 4.78 is 6.10. The number of imide groups is 1. The second kappa shape index (κ2) is 8.13. The number of amides is 3. The van der Waals surface area contributed by atoms with E-state index in [4.69, 9.17) is 4.74 Å². The molecule has 1 heterocycles. The molecule has 5 atom stereocenters. The fourth-order valence-corrected chi connectivity index (χ4v) is 5.60. The quantitative estimate of drug-likeness (QED) is 0.503. The summed E-state index contributed by atoms with van der Waals surface area (Å²) in [6.07, 6.45) is 2.89. The van der Waals surface area contributed by atoms with Crippen molar-refractivity contribution in [2.45, 2.75) is 39.2 Å². The Morgan fingerprint density at radius 1 is 1.10 bits per heavy atom. The molecule has 3 aliphatic rings. The van der Waals surface area contributed by atoms with Crippen LogP contribution in [0.4, 0.5) is 5.69 Å². The van der Waals surface area contributed by atoms with E-state index in [2.05, 4.69) is 21.2 Å². The van der Waals surface area contributed by atoms with Gasteiger partial charge < -0.3 is 10.1 Å². The number of likely N-dealkylation sites (tertiary alicyclic amines) is 1. The molecule has 1 N–H and O–H groups in total. The van der Waals surface area contributed by atoms with Crippen molar-refractivity contribution in [1.82, 2.24) is 4.90 Å². The van der Waals surface area contributed by atoms with Gasteiger partial charge in [0.15, 0.2) is 6.61 Å². The molecule has 1 aliphatic heterocycles. The van der Waals surface area contributed by atoms with Crippen LogP contribution >= 0.6 is 15.9 Å². The van der Waals surface area contributed by atoms with Crippen molar-refractivity contribution in [3.63, 3.8) is 0 Å². The predicted molar refractivity (Wildman–Crippen MR) is 112 cm³/mol. The van der Waals surface area contributed by atoms with E-state index in [1.54, 1.807) is 38.1 Å². The number of hydrogen-bond donors (Lipinski definition) is 1. The molecule has 2 saturated carbocycles. The van der Waals surface area contributed by atoms with Crippen LogP contribution in [-0.4, -0.2) is 41.2 Å². The fraction of sp³-hybridized carbons (Fsp3) is 0.545. The lowest BCUT2D eigenvalue weighted by molar-refractivity contribution is -0.162. The normalized spacial score (nSPS) is 28.1. The number of benzene rings is 1. The maximum atomic E-state index is 13.1. The molecular weight excluding hydrogens is 452 g/mol. The first kappa shape index (κ1) is 21.0. The molecular formula is C22H25BrN2O5. The number of ether oxygens (including phenoxy) is 1. The summed E-state index contributed by atoms with van der Waals surface area (Å²) in [4.78, 5) is 52.2. The summed E-state index contributed by atoms with van der Waals surface area (Å²) in [5.41, 5.74) is 0.577. The van der Waals surface area contributed by atoms with Crippen LogP contribution in [-0.2, 0) is 23.9 Å². The number of nitrogens with zero attached hydrogens (tertiary/aromatic N) is 1. The Morgan fingerprint density at radius 2 is 1.67 bits per heavy atom. The number of carbonyl (C=O) groups is 4. The van der Waals surface area contributed by atoms with Crippen LogP contribution in [0, 0.1) is 29.6 Å². The van der Waals surface area contributed by atoms with E-state index < -0.39 is 24.5 Å². The van der Waals surface area contributed by atoms with Gasteiger partial charge in [-0.1, -0.05) is 29.8 Å². The van der Waals surface area contributed by atoms with Gasteiger partial charge in [-0.15, -0.1) is 0 Å². The number of fused-ring (bicyclic) bond motifs is 5. The maximum Gasteiger partial charge on any atom is 0.330 e. The zero-order valence-corrected chi connectivity index (χ0v) is 18.6. The van der Waals surface area contributed by atoms with Crippen molar-refractivity contribution in [2.24, 2.45) is 29.6 Å². The number of anilines is 1. The summed E-state index contributed by atoms with van der Waals surface area (Å²) in [6.45, 7) is 3.07. The van der Waals surface area contributed by atoms with Gasteiger partial charge in [-0.25, -0.2) is 4.79 Å². The number of carbonyl (C=O) groups excluding carboxylic acids is 4. The molecule has 2 aliphatic carbocycles. The summed E-state index contributed by atoms with van der Waals surface area (Å²) in [5, 5.41) is 2.65. The molecule has 30 heavy (non-hydrogen) atoms. The van der Waals surface area contributed by atoms with Crippen molar-refractivity contribution >= 4 is 45.3 Å². The van der Waals surface area contributed by atoms with Gasteiger partial charge in [-0.05, 0) is 61.3 Å². The zero-order valence-electron chi connectivity index (χ0n) is 17.0. The third-order valence-corrected chi connectivity index (χ3v) is 7.11. The molecule has 8 heteroatoms. The first-order valence-corrected chi connectivity index (χ1v) is 11.2.